The van der Waals surface area contributed by atoms with Gasteiger partial charge in [-0.25, -0.2) is 0 Å². The molecule has 15 heavy (non-hydrogen) atoms. The molecule has 4 heteroatoms. The Labute approximate surface area is 86.5 Å². The first kappa shape index (κ1) is 8.59. The number of fused-ring (bicyclic) bond motifs is 1. The highest BCUT2D eigenvalue weighted by atomic mass is 16.7. The number of nitrogens with one attached hydrogen (secondary N) is 1. The van der Waals surface area contributed by atoms with Gasteiger partial charge >= 0.3 is 0 Å². The quantitative estimate of drug-likeness (QED) is 0.689. The average Bonchev–Trinajstić information content (AvgIpc) is 2.67. The van der Waals surface area contributed by atoms with Crippen molar-refractivity contribution < 1.29 is 9.47 Å². The zero-order valence-corrected chi connectivity index (χ0v) is 8.16. The van der Waals surface area contributed by atoms with Gasteiger partial charge in [-0.15, -0.1) is 0 Å². The maximum Gasteiger partial charge on any atom is 0.254 e. The fourth-order valence-electron chi connectivity index (χ4n) is 2.16. The monoisotopic (exact) mass is 205 g/mol. The van der Waals surface area contributed by atoms with Crippen molar-refractivity contribution >= 4 is 0 Å². The van der Waals surface area contributed by atoms with Gasteiger partial charge in [0.25, 0.3) is 5.79 Å². The fourth-order valence-corrected chi connectivity index (χ4v) is 2.16. The normalized spacial score (nSPS) is 20.8. The van der Waals surface area contributed by atoms with E-state index in [4.69, 9.17) is 9.47 Å². The van der Waals surface area contributed by atoms with Crippen molar-refractivity contribution in [3.8, 4) is 0 Å². The van der Waals surface area contributed by atoms with Gasteiger partial charge in [0, 0.05) is 18.2 Å². The lowest BCUT2D eigenvalue weighted by molar-refractivity contribution is -0.148. The molecule has 0 atom stereocenters. The summed E-state index contributed by atoms with van der Waals surface area (Å²) >= 11 is 0. The first-order valence-electron chi connectivity index (χ1n) is 4.99. The zero-order valence-electron chi connectivity index (χ0n) is 8.16. The lowest BCUT2D eigenvalue weighted by Crippen LogP contribution is -2.37. The van der Waals surface area contributed by atoms with Crippen LogP contribution in [0.1, 0.15) is 17.7 Å². The number of aryl methyl sites for hydroxylation is 1. The molecule has 2 aliphatic rings. The smallest absolute Gasteiger partial charge is 0.254 e. The molecule has 0 saturated heterocycles. The van der Waals surface area contributed by atoms with E-state index in [2.05, 4.69) is 4.98 Å². The van der Waals surface area contributed by atoms with E-state index in [-0.39, 0.29) is 5.56 Å². The largest absolute Gasteiger partial charge is 0.456 e. The Morgan fingerprint density at radius 2 is 2.07 bits per heavy atom. The molecule has 78 valence electrons. The summed E-state index contributed by atoms with van der Waals surface area (Å²) in [6, 6.07) is 3.39. The first-order valence-corrected chi connectivity index (χ1v) is 4.99. The highest BCUT2D eigenvalue weighted by Gasteiger charge is 2.39. The molecule has 0 unspecified atom stereocenters. The molecule has 0 bridgehead atoms. The van der Waals surface area contributed by atoms with Crippen molar-refractivity contribution in [1.29, 1.82) is 0 Å². The van der Waals surface area contributed by atoms with Crippen LogP contribution in [0.15, 0.2) is 29.5 Å². The maximum absolute atomic E-state index is 11.1. The van der Waals surface area contributed by atoms with E-state index in [1.54, 1.807) is 18.6 Å². The molecule has 0 saturated carbocycles. The predicted molar refractivity (Wildman–Crippen MR) is 53.1 cm³/mol. The molecule has 0 fully saturated rings. The minimum Gasteiger partial charge on any atom is -0.456 e. The van der Waals surface area contributed by atoms with Gasteiger partial charge < -0.3 is 14.5 Å². The van der Waals surface area contributed by atoms with E-state index in [9.17, 15) is 4.79 Å². The number of hydrogen-bond donors (Lipinski definition) is 1. The molecule has 0 radical (unpaired) electrons. The molecule has 1 N–H and O–H groups in total. The lowest BCUT2D eigenvalue weighted by Gasteiger charge is -2.32. The van der Waals surface area contributed by atoms with Gasteiger partial charge in [0.05, 0.1) is 6.42 Å². The summed E-state index contributed by atoms with van der Waals surface area (Å²) in [5.74, 6) is -0.523. The highest BCUT2D eigenvalue weighted by Crippen LogP contribution is 2.34. The number of hydrogen-bond acceptors (Lipinski definition) is 3. The van der Waals surface area contributed by atoms with Gasteiger partial charge in [0.2, 0.25) is 5.56 Å². The third kappa shape index (κ3) is 1.33. The van der Waals surface area contributed by atoms with E-state index in [1.807, 2.05) is 6.07 Å². The molecule has 1 aliphatic carbocycles. The van der Waals surface area contributed by atoms with Crippen LogP contribution in [-0.4, -0.2) is 10.8 Å². The Morgan fingerprint density at radius 3 is 2.87 bits per heavy atom. The van der Waals surface area contributed by atoms with Crippen LogP contribution in [0.4, 0.5) is 0 Å². The fraction of sp³-hybridized carbons (Fsp3) is 0.364. The van der Waals surface area contributed by atoms with Gasteiger partial charge in [-0.2, -0.15) is 0 Å². The molecule has 1 aromatic heterocycles. The van der Waals surface area contributed by atoms with E-state index >= 15 is 0 Å². The number of rotatable bonds is 0. The summed E-state index contributed by atoms with van der Waals surface area (Å²) in [6.45, 7) is 0. The summed E-state index contributed by atoms with van der Waals surface area (Å²) in [6.07, 6.45) is 5.40. The van der Waals surface area contributed by atoms with Gasteiger partial charge in [-0.05, 0) is 12.0 Å². The molecule has 1 aromatic rings. The minimum atomic E-state index is -0.523. The number of pyridine rings is 1. The minimum absolute atomic E-state index is 0.0453. The molecular formula is C11H11NO3. The van der Waals surface area contributed by atoms with Gasteiger partial charge in [-0.1, -0.05) is 6.07 Å². The average molecular weight is 205 g/mol. The number of ether oxygens (including phenoxy) is 2. The summed E-state index contributed by atoms with van der Waals surface area (Å²) in [7, 11) is 0. The zero-order chi connectivity index (χ0) is 10.3. The van der Waals surface area contributed by atoms with Crippen molar-refractivity contribution in [3.05, 3.63) is 46.3 Å². The molecule has 3 rings (SSSR count). The van der Waals surface area contributed by atoms with Crippen LogP contribution in [0, 0.1) is 0 Å². The van der Waals surface area contributed by atoms with Crippen molar-refractivity contribution in [1.82, 2.24) is 4.98 Å². The van der Waals surface area contributed by atoms with Gasteiger partial charge in [0.1, 0.15) is 12.5 Å². The van der Waals surface area contributed by atoms with Crippen LogP contribution in [-0.2, 0) is 22.3 Å². The Hall–Kier alpha value is -1.71. The molecule has 4 nitrogen and oxygen atoms in total. The van der Waals surface area contributed by atoms with Crippen LogP contribution in [0.3, 0.4) is 0 Å². The van der Waals surface area contributed by atoms with Crippen LogP contribution in [0.25, 0.3) is 0 Å². The summed E-state index contributed by atoms with van der Waals surface area (Å²) in [5, 5.41) is 0. The number of aromatic amines is 1. The van der Waals surface area contributed by atoms with Crippen LogP contribution in [0.5, 0.6) is 0 Å². The summed E-state index contributed by atoms with van der Waals surface area (Å²) in [4.78, 5) is 14.0. The molecule has 0 aromatic carbocycles. The van der Waals surface area contributed by atoms with Gasteiger partial charge in [0.15, 0.2) is 0 Å². The van der Waals surface area contributed by atoms with Crippen LogP contribution in [0.2, 0.25) is 0 Å². The SMILES string of the molecule is O=c1ccc2c([nH]1)CCC1(C2)OC=CO1. The molecule has 1 aliphatic heterocycles. The van der Waals surface area contributed by atoms with Crippen molar-refractivity contribution in [2.24, 2.45) is 0 Å². The standard InChI is InChI=1S/C11H11NO3/c13-10-2-1-8-7-11(14-5-6-15-11)4-3-9(8)12-10/h1-2,5-6H,3-4,7H2,(H,12,13). The number of H-pyrrole nitrogens is 1. The predicted octanol–water partition coefficient (Wildman–Crippen LogP) is 1.08. The molecular weight excluding hydrogens is 194 g/mol. The highest BCUT2D eigenvalue weighted by molar-refractivity contribution is 5.25. The lowest BCUT2D eigenvalue weighted by atomic mass is 9.91. The second-order valence-corrected chi connectivity index (χ2v) is 3.92. The van der Waals surface area contributed by atoms with Crippen molar-refractivity contribution in [3.63, 3.8) is 0 Å². The van der Waals surface area contributed by atoms with E-state index in [0.717, 1.165) is 24.1 Å². The van der Waals surface area contributed by atoms with E-state index in [0.29, 0.717) is 6.42 Å². The van der Waals surface area contributed by atoms with E-state index in [1.165, 1.54) is 0 Å². The van der Waals surface area contributed by atoms with Crippen molar-refractivity contribution in [2.75, 3.05) is 0 Å². The van der Waals surface area contributed by atoms with Crippen LogP contribution >= 0.6 is 0 Å². The third-order valence-corrected chi connectivity index (χ3v) is 2.93. The molecule has 0 amide bonds. The maximum atomic E-state index is 11.1. The second-order valence-electron chi connectivity index (χ2n) is 3.92. The molecule has 1 spiro atoms. The summed E-state index contributed by atoms with van der Waals surface area (Å²) < 4.78 is 10.9. The Kier molecular flexibility index (Phi) is 1.65. The second kappa shape index (κ2) is 2.89. The third-order valence-electron chi connectivity index (χ3n) is 2.93. The van der Waals surface area contributed by atoms with Crippen LogP contribution < -0.4 is 5.56 Å². The number of aromatic nitrogens is 1. The summed E-state index contributed by atoms with van der Waals surface area (Å²) in [5.41, 5.74) is 2.06. The topological polar surface area (TPSA) is 51.3 Å². The Balaban J connectivity index is 1.96. The van der Waals surface area contributed by atoms with E-state index < -0.39 is 5.79 Å². The van der Waals surface area contributed by atoms with Gasteiger partial charge in [-0.3, -0.25) is 4.79 Å². The van der Waals surface area contributed by atoms with Crippen molar-refractivity contribution in [2.45, 2.75) is 25.0 Å². The Morgan fingerprint density at radius 1 is 1.27 bits per heavy atom. The first-order chi connectivity index (χ1) is 7.27. The Bertz CT molecular complexity index is 467. The molecule has 2 heterocycles.